The Bertz CT molecular complexity index is 865. The summed E-state index contributed by atoms with van der Waals surface area (Å²) in [6.07, 6.45) is -3.60. The van der Waals surface area contributed by atoms with Gasteiger partial charge in [0.2, 0.25) is 0 Å². The molecule has 8 heteroatoms. The number of likely N-dealkylation sites (tertiary alicyclic amines) is 1. The predicted molar refractivity (Wildman–Crippen MR) is 102 cm³/mol. The van der Waals surface area contributed by atoms with Crippen LogP contribution in [0.25, 0.3) is 0 Å². The summed E-state index contributed by atoms with van der Waals surface area (Å²) in [4.78, 5) is 13.2. The van der Waals surface area contributed by atoms with Crippen LogP contribution in [0.5, 0.6) is 0 Å². The Morgan fingerprint density at radius 3 is 2.36 bits per heavy atom. The lowest BCUT2D eigenvalue weighted by Gasteiger charge is -2.37. The van der Waals surface area contributed by atoms with Crippen LogP contribution >= 0.6 is 23.2 Å². The molecule has 1 unspecified atom stereocenters. The van der Waals surface area contributed by atoms with Gasteiger partial charge in [0.1, 0.15) is 0 Å². The van der Waals surface area contributed by atoms with Gasteiger partial charge in [0.05, 0.1) is 17.5 Å². The van der Waals surface area contributed by atoms with E-state index in [1.807, 2.05) is 4.90 Å². The van der Waals surface area contributed by atoms with E-state index in [4.69, 9.17) is 23.2 Å². The molecule has 3 rings (SSSR count). The van der Waals surface area contributed by atoms with Crippen LogP contribution in [0, 0.1) is 5.92 Å². The molecule has 28 heavy (non-hydrogen) atoms. The Morgan fingerprint density at radius 2 is 1.79 bits per heavy atom. The molecular weight excluding hydrogens is 414 g/mol. The SMILES string of the molecule is O=C(O)C1CCN(C(c2cccc(C(F)(F)F)c2)c2ccc(Cl)cc2Cl)CC1. The van der Waals surface area contributed by atoms with Crippen LogP contribution in [-0.2, 0) is 11.0 Å². The van der Waals surface area contributed by atoms with Crippen molar-refractivity contribution in [3.05, 3.63) is 69.2 Å². The number of aliphatic carboxylic acids is 1. The number of hydrogen-bond acceptors (Lipinski definition) is 2. The van der Waals surface area contributed by atoms with Crippen LogP contribution in [0.1, 0.15) is 35.6 Å². The van der Waals surface area contributed by atoms with E-state index >= 15 is 0 Å². The minimum Gasteiger partial charge on any atom is -0.481 e. The Labute approximate surface area is 170 Å². The minimum absolute atomic E-state index is 0.357. The first kappa shape index (κ1) is 21.0. The van der Waals surface area contributed by atoms with Crippen LogP contribution in [0.15, 0.2) is 42.5 Å². The average Bonchev–Trinajstić information content (AvgIpc) is 2.64. The molecule has 0 bridgehead atoms. The van der Waals surface area contributed by atoms with Gasteiger partial charge in [-0.1, -0.05) is 41.4 Å². The molecule has 1 N–H and O–H groups in total. The number of carboxylic acids is 1. The zero-order valence-electron chi connectivity index (χ0n) is 14.7. The lowest BCUT2D eigenvalue weighted by atomic mass is 9.90. The van der Waals surface area contributed by atoms with E-state index in [0.717, 1.165) is 12.1 Å². The lowest BCUT2D eigenvalue weighted by Crippen LogP contribution is -2.39. The van der Waals surface area contributed by atoms with Gasteiger partial charge in [0.15, 0.2) is 0 Å². The molecule has 2 aromatic rings. The van der Waals surface area contributed by atoms with Gasteiger partial charge in [-0.15, -0.1) is 0 Å². The Kier molecular flexibility index (Phi) is 6.22. The highest BCUT2D eigenvalue weighted by molar-refractivity contribution is 6.35. The molecule has 2 aromatic carbocycles. The van der Waals surface area contributed by atoms with Crippen molar-refractivity contribution >= 4 is 29.2 Å². The fourth-order valence-electron chi connectivity index (χ4n) is 3.60. The molecule has 0 aromatic heterocycles. The summed E-state index contributed by atoms with van der Waals surface area (Å²) in [5.74, 6) is -1.29. The van der Waals surface area contributed by atoms with Gasteiger partial charge in [-0.3, -0.25) is 9.69 Å². The van der Waals surface area contributed by atoms with E-state index in [-0.39, 0.29) is 0 Å². The number of halogens is 5. The third-order valence-corrected chi connectivity index (χ3v) is 5.59. The molecule has 1 saturated heterocycles. The van der Waals surface area contributed by atoms with Crippen molar-refractivity contribution in [1.82, 2.24) is 4.90 Å². The van der Waals surface area contributed by atoms with E-state index in [1.165, 1.54) is 6.07 Å². The van der Waals surface area contributed by atoms with Crippen molar-refractivity contribution in [1.29, 1.82) is 0 Å². The number of rotatable bonds is 4. The van der Waals surface area contributed by atoms with Crippen molar-refractivity contribution in [3.63, 3.8) is 0 Å². The number of carboxylic acid groups (broad SMARTS) is 1. The van der Waals surface area contributed by atoms with Crippen molar-refractivity contribution < 1.29 is 23.1 Å². The molecule has 1 aliphatic heterocycles. The topological polar surface area (TPSA) is 40.5 Å². The van der Waals surface area contributed by atoms with E-state index in [9.17, 15) is 23.1 Å². The highest BCUT2D eigenvalue weighted by Crippen LogP contribution is 2.39. The summed E-state index contributed by atoms with van der Waals surface area (Å²) in [6, 6.07) is 9.55. The second-order valence-electron chi connectivity index (χ2n) is 6.84. The molecule has 1 atom stereocenters. The molecule has 0 radical (unpaired) electrons. The number of piperidine rings is 1. The highest BCUT2D eigenvalue weighted by Gasteiger charge is 2.34. The lowest BCUT2D eigenvalue weighted by molar-refractivity contribution is -0.143. The summed E-state index contributed by atoms with van der Waals surface area (Å²) in [6.45, 7) is 0.883. The molecule has 0 amide bonds. The smallest absolute Gasteiger partial charge is 0.416 e. The third kappa shape index (κ3) is 4.62. The summed E-state index contributed by atoms with van der Waals surface area (Å²) in [5, 5.41) is 10.0. The van der Waals surface area contributed by atoms with Gasteiger partial charge in [-0.05, 0) is 61.3 Å². The van der Waals surface area contributed by atoms with Gasteiger partial charge in [-0.2, -0.15) is 13.2 Å². The van der Waals surface area contributed by atoms with Crippen LogP contribution in [0.4, 0.5) is 13.2 Å². The van der Waals surface area contributed by atoms with E-state index in [1.54, 1.807) is 24.3 Å². The van der Waals surface area contributed by atoms with Crippen LogP contribution in [0.2, 0.25) is 10.0 Å². The molecule has 1 heterocycles. The van der Waals surface area contributed by atoms with Crippen molar-refractivity contribution in [2.24, 2.45) is 5.92 Å². The second kappa shape index (κ2) is 8.31. The Morgan fingerprint density at radius 1 is 1.11 bits per heavy atom. The van der Waals surface area contributed by atoms with Gasteiger partial charge >= 0.3 is 12.1 Å². The predicted octanol–water partition coefficient (Wildman–Crippen LogP) is 5.90. The number of nitrogens with zero attached hydrogens (tertiary/aromatic N) is 1. The maximum Gasteiger partial charge on any atom is 0.416 e. The van der Waals surface area contributed by atoms with E-state index < -0.39 is 29.7 Å². The van der Waals surface area contributed by atoms with Crippen molar-refractivity contribution in [2.75, 3.05) is 13.1 Å². The van der Waals surface area contributed by atoms with E-state index in [2.05, 4.69) is 0 Å². The standard InChI is InChI=1S/C20H18Cl2F3NO2/c21-15-4-5-16(17(22)11-15)18(26-8-6-12(7-9-26)19(27)28)13-2-1-3-14(10-13)20(23,24)25/h1-5,10-12,18H,6-9H2,(H,27,28). The quantitative estimate of drug-likeness (QED) is 0.654. The molecule has 1 aliphatic rings. The van der Waals surface area contributed by atoms with Crippen molar-refractivity contribution in [2.45, 2.75) is 25.1 Å². The maximum atomic E-state index is 13.2. The molecule has 1 fully saturated rings. The Balaban J connectivity index is 2.02. The second-order valence-corrected chi connectivity index (χ2v) is 7.68. The van der Waals surface area contributed by atoms with Crippen molar-refractivity contribution in [3.8, 4) is 0 Å². The number of hydrogen-bond donors (Lipinski definition) is 1. The summed E-state index contributed by atoms with van der Waals surface area (Å²) < 4.78 is 39.7. The highest BCUT2D eigenvalue weighted by atomic mass is 35.5. The normalized spacial score (nSPS) is 17.5. The first-order valence-corrected chi connectivity index (χ1v) is 9.51. The minimum atomic E-state index is -4.46. The van der Waals surface area contributed by atoms with Gasteiger partial charge in [-0.25, -0.2) is 0 Å². The maximum absolute atomic E-state index is 13.2. The van der Waals surface area contributed by atoms with E-state index in [0.29, 0.717) is 47.1 Å². The van der Waals surface area contributed by atoms with Crippen LogP contribution in [0.3, 0.4) is 0 Å². The molecule has 0 aliphatic carbocycles. The Hall–Kier alpha value is -1.76. The fraction of sp³-hybridized carbons (Fsp3) is 0.350. The summed E-state index contributed by atoms with van der Waals surface area (Å²) >= 11 is 12.4. The molecule has 0 spiro atoms. The van der Waals surface area contributed by atoms with Gasteiger partial charge < -0.3 is 5.11 Å². The fourth-order valence-corrected chi connectivity index (χ4v) is 4.11. The summed E-state index contributed by atoms with van der Waals surface area (Å²) in [5.41, 5.74) is 0.354. The summed E-state index contributed by atoms with van der Waals surface area (Å²) in [7, 11) is 0. The van der Waals surface area contributed by atoms with Crippen LogP contribution in [-0.4, -0.2) is 29.1 Å². The monoisotopic (exact) mass is 431 g/mol. The van der Waals surface area contributed by atoms with Crippen LogP contribution < -0.4 is 0 Å². The zero-order chi connectivity index (χ0) is 20.5. The largest absolute Gasteiger partial charge is 0.481 e. The number of benzene rings is 2. The number of alkyl halides is 3. The van der Waals surface area contributed by atoms with Gasteiger partial charge in [0.25, 0.3) is 0 Å². The first-order chi connectivity index (χ1) is 13.2. The first-order valence-electron chi connectivity index (χ1n) is 8.76. The zero-order valence-corrected chi connectivity index (χ0v) is 16.2. The molecule has 0 saturated carbocycles. The molecule has 3 nitrogen and oxygen atoms in total. The molecular formula is C20H18Cl2F3NO2. The molecule has 150 valence electrons. The average molecular weight is 432 g/mol. The van der Waals surface area contributed by atoms with Gasteiger partial charge in [0, 0.05) is 10.0 Å². The number of carbonyl (C=O) groups is 1. The third-order valence-electron chi connectivity index (χ3n) is 5.03.